The second-order valence-corrected chi connectivity index (χ2v) is 5.21. The van der Waals surface area contributed by atoms with Crippen molar-refractivity contribution >= 4 is 5.91 Å². The van der Waals surface area contributed by atoms with E-state index in [-0.39, 0.29) is 11.7 Å². The highest BCUT2D eigenvalue weighted by atomic mass is 16.5. The van der Waals surface area contributed by atoms with E-state index in [1.807, 2.05) is 11.8 Å². The van der Waals surface area contributed by atoms with Gasteiger partial charge in [0.25, 0.3) is 5.91 Å². The number of hydrogen-bond acceptors (Lipinski definition) is 3. The van der Waals surface area contributed by atoms with Crippen LogP contribution in [0.15, 0.2) is 18.2 Å². The molecule has 1 saturated heterocycles. The molecule has 1 atom stereocenters. The third-order valence-corrected chi connectivity index (χ3v) is 3.65. The number of aromatic hydroxyl groups is 1. The predicted molar refractivity (Wildman–Crippen MR) is 73.3 cm³/mol. The minimum atomic E-state index is 0.0540. The molecule has 19 heavy (non-hydrogen) atoms. The summed E-state index contributed by atoms with van der Waals surface area (Å²) in [5, 5.41) is 9.40. The smallest absolute Gasteiger partial charge is 0.254 e. The zero-order valence-corrected chi connectivity index (χ0v) is 11.6. The van der Waals surface area contributed by atoms with Gasteiger partial charge < -0.3 is 14.7 Å². The number of phenolic OH excluding ortho intramolecular Hbond substituents is 1. The molecule has 104 valence electrons. The number of methoxy groups -OCH3 is 1. The van der Waals surface area contributed by atoms with Crippen LogP contribution in [0.4, 0.5) is 0 Å². The summed E-state index contributed by atoms with van der Waals surface area (Å²) < 4.78 is 5.18. The number of aryl methyl sites for hydroxylation is 1. The van der Waals surface area contributed by atoms with Crippen LogP contribution < -0.4 is 0 Å². The maximum atomic E-state index is 12.5. The van der Waals surface area contributed by atoms with Gasteiger partial charge in [-0.15, -0.1) is 0 Å². The number of phenols is 1. The molecule has 0 spiro atoms. The van der Waals surface area contributed by atoms with Crippen molar-refractivity contribution in [1.29, 1.82) is 0 Å². The molecule has 0 saturated carbocycles. The average Bonchev–Trinajstić information content (AvgIpc) is 2.39. The zero-order valence-electron chi connectivity index (χ0n) is 11.6. The first-order valence-corrected chi connectivity index (χ1v) is 6.69. The zero-order chi connectivity index (χ0) is 13.8. The van der Waals surface area contributed by atoms with E-state index in [0.717, 1.165) is 31.5 Å². The van der Waals surface area contributed by atoms with Gasteiger partial charge in [0.05, 0.1) is 6.61 Å². The molecule has 1 aliphatic rings. The number of carbonyl (C=O) groups is 1. The molecule has 1 heterocycles. The molecule has 0 radical (unpaired) electrons. The van der Waals surface area contributed by atoms with E-state index in [1.165, 1.54) is 0 Å². The highest BCUT2D eigenvalue weighted by Crippen LogP contribution is 2.22. The van der Waals surface area contributed by atoms with Crippen LogP contribution in [0.25, 0.3) is 0 Å². The summed E-state index contributed by atoms with van der Waals surface area (Å²) in [7, 11) is 1.70. The number of carbonyl (C=O) groups excluding carboxylic acids is 1. The van der Waals surface area contributed by atoms with E-state index in [1.54, 1.807) is 25.3 Å². The van der Waals surface area contributed by atoms with Gasteiger partial charge in [-0.2, -0.15) is 0 Å². The van der Waals surface area contributed by atoms with Gasteiger partial charge >= 0.3 is 0 Å². The lowest BCUT2D eigenvalue weighted by molar-refractivity contribution is 0.0570. The summed E-state index contributed by atoms with van der Waals surface area (Å²) in [5.74, 6) is 0.684. The van der Waals surface area contributed by atoms with Gasteiger partial charge in [-0.05, 0) is 49.4 Å². The molecule has 1 N–H and O–H groups in total. The standard InChI is InChI=1S/C15H21NO3/c1-11-8-13(17)5-6-14(11)15(18)16-7-3-4-12(9-16)10-19-2/h5-6,8,12,17H,3-4,7,9-10H2,1-2H3. The van der Waals surface area contributed by atoms with Gasteiger partial charge in [0.2, 0.25) is 0 Å². The number of rotatable bonds is 3. The van der Waals surface area contributed by atoms with Crippen molar-refractivity contribution in [1.82, 2.24) is 4.90 Å². The van der Waals surface area contributed by atoms with Crippen LogP contribution in [-0.4, -0.2) is 42.7 Å². The summed E-state index contributed by atoms with van der Waals surface area (Å²) in [5.41, 5.74) is 1.50. The van der Waals surface area contributed by atoms with E-state index < -0.39 is 0 Å². The minimum absolute atomic E-state index is 0.0540. The number of likely N-dealkylation sites (tertiary alicyclic amines) is 1. The van der Waals surface area contributed by atoms with Crippen molar-refractivity contribution in [2.24, 2.45) is 5.92 Å². The SMILES string of the molecule is COCC1CCCN(C(=O)c2ccc(O)cc2C)C1. The van der Waals surface area contributed by atoms with Crippen LogP contribution >= 0.6 is 0 Å². The van der Waals surface area contributed by atoms with Crippen molar-refractivity contribution in [3.63, 3.8) is 0 Å². The molecule has 1 aromatic carbocycles. The monoisotopic (exact) mass is 263 g/mol. The van der Waals surface area contributed by atoms with Crippen molar-refractivity contribution in [2.45, 2.75) is 19.8 Å². The van der Waals surface area contributed by atoms with Gasteiger partial charge in [-0.1, -0.05) is 0 Å². The molecule has 0 aliphatic carbocycles. The first-order chi connectivity index (χ1) is 9.11. The highest BCUT2D eigenvalue weighted by molar-refractivity contribution is 5.95. The van der Waals surface area contributed by atoms with Crippen LogP contribution in [-0.2, 0) is 4.74 Å². The third-order valence-electron chi connectivity index (χ3n) is 3.65. The Morgan fingerprint density at radius 3 is 3.00 bits per heavy atom. The maximum absolute atomic E-state index is 12.5. The van der Waals surface area contributed by atoms with E-state index in [9.17, 15) is 9.90 Å². The average molecular weight is 263 g/mol. The summed E-state index contributed by atoms with van der Waals surface area (Å²) in [6.45, 7) is 4.12. The fourth-order valence-electron chi connectivity index (χ4n) is 2.68. The topological polar surface area (TPSA) is 49.8 Å². The predicted octanol–water partition coefficient (Wildman–Crippen LogP) is 2.20. The molecule has 1 amide bonds. The Morgan fingerprint density at radius 2 is 2.32 bits per heavy atom. The van der Waals surface area contributed by atoms with Crippen molar-refractivity contribution in [2.75, 3.05) is 26.8 Å². The number of benzene rings is 1. The van der Waals surface area contributed by atoms with E-state index in [2.05, 4.69) is 0 Å². The van der Waals surface area contributed by atoms with Crippen molar-refractivity contribution in [3.05, 3.63) is 29.3 Å². The molecule has 1 aromatic rings. The van der Waals surface area contributed by atoms with Crippen LogP contribution in [0.3, 0.4) is 0 Å². The van der Waals surface area contributed by atoms with Crippen molar-refractivity contribution < 1.29 is 14.6 Å². The van der Waals surface area contributed by atoms with E-state index in [0.29, 0.717) is 18.1 Å². The number of ether oxygens (including phenoxy) is 1. The largest absolute Gasteiger partial charge is 0.508 e. The van der Waals surface area contributed by atoms with E-state index >= 15 is 0 Å². The lowest BCUT2D eigenvalue weighted by Gasteiger charge is -2.32. The summed E-state index contributed by atoms with van der Waals surface area (Å²) >= 11 is 0. The molecule has 1 fully saturated rings. The van der Waals surface area contributed by atoms with Gasteiger partial charge in [0, 0.05) is 25.8 Å². The molecule has 2 rings (SSSR count). The molecule has 1 aliphatic heterocycles. The number of amides is 1. The Bertz CT molecular complexity index is 457. The van der Waals surface area contributed by atoms with Crippen LogP contribution in [0, 0.1) is 12.8 Å². The Labute approximate surface area is 114 Å². The normalized spacial score (nSPS) is 19.5. The van der Waals surface area contributed by atoms with Crippen LogP contribution in [0.5, 0.6) is 5.75 Å². The van der Waals surface area contributed by atoms with Gasteiger partial charge in [-0.3, -0.25) is 4.79 Å². The molecule has 4 heteroatoms. The van der Waals surface area contributed by atoms with Gasteiger partial charge in [0.1, 0.15) is 5.75 Å². The highest BCUT2D eigenvalue weighted by Gasteiger charge is 2.25. The number of nitrogens with zero attached hydrogens (tertiary/aromatic N) is 1. The number of hydrogen-bond donors (Lipinski definition) is 1. The number of piperidine rings is 1. The quantitative estimate of drug-likeness (QED) is 0.909. The second-order valence-electron chi connectivity index (χ2n) is 5.21. The maximum Gasteiger partial charge on any atom is 0.254 e. The molecule has 4 nitrogen and oxygen atoms in total. The minimum Gasteiger partial charge on any atom is -0.508 e. The fraction of sp³-hybridized carbons (Fsp3) is 0.533. The first-order valence-electron chi connectivity index (χ1n) is 6.69. The van der Waals surface area contributed by atoms with E-state index in [4.69, 9.17) is 4.74 Å². The molecule has 0 aromatic heterocycles. The van der Waals surface area contributed by atoms with Gasteiger partial charge in [0.15, 0.2) is 0 Å². The lowest BCUT2D eigenvalue weighted by atomic mass is 9.97. The fourth-order valence-corrected chi connectivity index (χ4v) is 2.68. The lowest BCUT2D eigenvalue weighted by Crippen LogP contribution is -2.41. The summed E-state index contributed by atoms with van der Waals surface area (Å²) in [6, 6.07) is 4.90. The third kappa shape index (κ3) is 3.26. The Hall–Kier alpha value is -1.55. The Morgan fingerprint density at radius 1 is 1.53 bits per heavy atom. The summed E-state index contributed by atoms with van der Waals surface area (Å²) in [6.07, 6.45) is 2.14. The van der Waals surface area contributed by atoms with Crippen LogP contribution in [0.2, 0.25) is 0 Å². The molecular formula is C15H21NO3. The van der Waals surface area contributed by atoms with Crippen molar-refractivity contribution in [3.8, 4) is 5.75 Å². The van der Waals surface area contributed by atoms with Crippen LogP contribution in [0.1, 0.15) is 28.8 Å². The second kappa shape index (κ2) is 6.06. The summed E-state index contributed by atoms with van der Waals surface area (Å²) in [4.78, 5) is 14.4. The molecule has 1 unspecified atom stereocenters. The molecule has 0 bridgehead atoms. The Kier molecular flexibility index (Phi) is 4.43. The molecular weight excluding hydrogens is 242 g/mol. The first kappa shape index (κ1) is 13.9. The van der Waals surface area contributed by atoms with Gasteiger partial charge in [-0.25, -0.2) is 0 Å². The Balaban J connectivity index is 2.10.